The van der Waals surface area contributed by atoms with E-state index in [1.807, 2.05) is 0 Å². The fourth-order valence-corrected chi connectivity index (χ4v) is 2.53. The van der Waals surface area contributed by atoms with Crippen molar-refractivity contribution in [2.75, 3.05) is 13.7 Å². The van der Waals surface area contributed by atoms with Gasteiger partial charge in [0.25, 0.3) is 0 Å². The number of rotatable bonds is 10. The fourth-order valence-electron chi connectivity index (χ4n) is 2.53. The van der Waals surface area contributed by atoms with E-state index in [1.165, 1.54) is 49.7 Å². The minimum Gasteiger partial charge on any atom is -0.496 e. The van der Waals surface area contributed by atoms with Crippen LogP contribution in [-0.4, -0.2) is 13.7 Å². The van der Waals surface area contributed by atoms with E-state index >= 15 is 0 Å². The second kappa shape index (κ2) is 9.82. The quantitative estimate of drug-likeness (QED) is 0.607. The highest BCUT2D eigenvalue weighted by Gasteiger charge is 2.10. The predicted molar refractivity (Wildman–Crippen MR) is 87.5 cm³/mol. The van der Waals surface area contributed by atoms with Crippen LogP contribution in [0.3, 0.4) is 0 Å². The number of methoxy groups -OCH3 is 1. The molecule has 2 heteroatoms. The SMILES string of the molecule is CCCCCCCCNC(C)c1cc(C)ccc1OC. The van der Waals surface area contributed by atoms with Gasteiger partial charge >= 0.3 is 0 Å². The zero-order valence-electron chi connectivity index (χ0n) is 13.7. The molecule has 0 aliphatic carbocycles. The van der Waals surface area contributed by atoms with Crippen LogP contribution < -0.4 is 10.1 Å². The Bertz CT molecular complexity index is 376. The van der Waals surface area contributed by atoms with E-state index in [9.17, 15) is 0 Å². The Labute approximate surface area is 124 Å². The molecule has 114 valence electrons. The Morgan fingerprint density at radius 1 is 1.10 bits per heavy atom. The predicted octanol–water partition coefficient (Wildman–Crippen LogP) is 5.01. The van der Waals surface area contributed by atoms with Crippen molar-refractivity contribution in [3.63, 3.8) is 0 Å². The molecular formula is C18H31NO. The molecule has 1 aromatic carbocycles. The lowest BCUT2D eigenvalue weighted by Crippen LogP contribution is -2.20. The summed E-state index contributed by atoms with van der Waals surface area (Å²) in [4.78, 5) is 0. The smallest absolute Gasteiger partial charge is 0.123 e. The van der Waals surface area contributed by atoms with E-state index in [0.29, 0.717) is 6.04 Å². The number of unbranched alkanes of at least 4 members (excludes halogenated alkanes) is 5. The van der Waals surface area contributed by atoms with E-state index in [0.717, 1.165) is 12.3 Å². The number of nitrogens with one attached hydrogen (secondary N) is 1. The van der Waals surface area contributed by atoms with Gasteiger partial charge < -0.3 is 10.1 Å². The molecular weight excluding hydrogens is 246 g/mol. The number of hydrogen-bond acceptors (Lipinski definition) is 2. The largest absolute Gasteiger partial charge is 0.496 e. The zero-order valence-corrected chi connectivity index (χ0v) is 13.7. The van der Waals surface area contributed by atoms with Crippen LogP contribution in [0.5, 0.6) is 5.75 Å². The molecule has 0 aromatic heterocycles. The minimum atomic E-state index is 0.348. The number of aryl methyl sites for hydroxylation is 1. The molecule has 0 aliphatic heterocycles. The Balaban J connectivity index is 2.32. The Morgan fingerprint density at radius 3 is 2.50 bits per heavy atom. The topological polar surface area (TPSA) is 21.3 Å². The second-order valence-corrected chi connectivity index (χ2v) is 5.69. The van der Waals surface area contributed by atoms with Gasteiger partial charge in [0.1, 0.15) is 5.75 Å². The van der Waals surface area contributed by atoms with Crippen molar-refractivity contribution in [1.29, 1.82) is 0 Å². The summed E-state index contributed by atoms with van der Waals surface area (Å²) >= 11 is 0. The lowest BCUT2D eigenvalue weighted by atomic mass is 10.0. The summed E-state index contributed by atoms with van der Waals surface area (Å²) in [5.74, 6) is 0.985. The first-order valence-electron chi connectivity index (χ1n) is 8.07. The van der Waals surface area contributed by atoms with Crippen LogP contribution in [0.2, 0.25) is 0 Å². The molecule has 1 rings (SSSR count). The maximum Gasteiger partial charge on any atom is 0.123 e. The summed E-state index contributed by atoms with van der Waals surface area (Å²) in [6.07, 6.45) is 8.06. The van der Waals surface area contributed by atoms with Gasteiger partial charge in [-0.2, -0.15) is 0 Å². The number of benzene rings is 1. The third-order valence-corrected chi connectivity index (χ3v) is 3.83. The highest BCUT2D eigenvalue weighted by Crippen LogP contribution is 2.25. The molecule has 0 spiro atoms. The number of ether oxygens (including phenoxy) is 1. The van der Waals surface area contributed by atoms with Crippen LogP contribution in [-0.2, 0) is 0 Å². The van der Waals surface area contributed by atoms with E-state index in [-0.39, 0.29) is 0 Å². The van der Waals surface area contributed by atoms with E-state index in [2.05, 4.69) is 44.3 Å². The molecule has 1 N–H and O–H groups in total. The van der Waals surface area contributed by atoms with Crippen LogP contribution in [0.15, 0.2) is 18.2 Å². The van der Waals surface area contributed by atoms with Gasteiger partial charge in [0.2, 0.25) is 0 Å². The molecule has 0 saturated carbocycles. The van der Waals surface area contributed by atoms with Gasteiger partial charge in [0, 0.05) is 11.6 Å². The van der Waals surface area contributed by atoms with Crippen molar-refractivity contribution in [2.24, 2.45) is 0 Å². The molecule has 20 heavy (non-hydrogen) atoms. The molecule has 2 nitrogen and oxygen atoms in total. The molecule has 1 aromatic rings. The van der Waals surface area contributed by atoms with Crippen molar-refractivity contribution < 1.29 is 4.74 Å². The lowest BCUT2D eigenvalue weighted by Gasteiger charge is -2.18. The van der Waals surface area contributed by atoms with Crippen molar-refractivity contribution in [3.05, 3.63) is 29.3 Å². The van der Waals surface area contributed by atoms with E-state index in [1.54, 1.807) is 7.11 Å². The molecule has 0 heterocycles. The monoisotopic (exact) mass is 277 g/mol. The first-order valence-corrected chi connectivity index (χ1v) is 8.07. The molecule has 0 bridgehead atoms. The highest BCUT2D eigenvalue weighted by atomic mass is 16.5. The van der Waals surface area contributed by atoms with Crippen LogP contribution >= 0.6 is 0 Å². The van der Waals surface area contributed by atoms with Crippen molar-refractivity contribution >= 4 is 0 Å². The first kappa shape index (κ1) is 17.0. The summed E-state index contributed by atoms with van der Waals surface area (Å²) in [6.45, 7) is 7.70. The average molecular weight is 277 g/mol. The van der Waals surface area contributed by atoms with Crippen molar-refractivity contribution in [2.45, 2.75) is 65.3 Å². The standard InChI is InChI=1S/C18H31NO/c1-5-6-7-8-9-10-13-19-16(3)17-14-15(2)11-12-18(17)20-4/h11-12,14,16,19H,5-10,13H2,1-4H3. The second-order valence-electron chi connectivity index (χ2n) is 5.69. The Kier molecular flexibility index (Phi) is 8.36. The van der Waals surface area contributed by atoms with Crippen molar-refractivity contribution in [3.8, 4) is 5.75 Å². The van der Waals surface area contributed by atoms with Gasteiger partial charge in [-0.05, 0) is 32.9 Å². The summed E-state index contributed by atoms with van der Waals surface area (Å²) in [5, 5.41) is 3.61. The van der Waals surface area contributed by atoms with Gasteiger partial charge in [-0.15, -0.1) is 0 Å². The van der Waals surface area contributed by atoms with Gasteiger partial charge in [0.15, 0.2) is 0 Å². The maximum atomic E-state index is 5.45. The van der Waals surface area contributed by atoms with E-state index in [4.69, 9.17) is 4.74 Å². The van der Waals surface area contributed by atoms with Crippen molar-refractivity contribution in [1.82, 2.24) is 5.32 Å². The third-order valence-electron chi connectivity index (χ3n) is 3.83. The van der Waals surface area contributed by atoms with Gasteiger partial charge in [-0.1, -0.05) is 56.7 Å². The first-order chi connectivity index (χ1) is 9.69. The van der Waals surface area contributed by atoms with Crippen LogP contribution in [0.4, 0.5) is 0 Å². The van der Waals surface area contributed by atoms with E-state index < -0.39 is 0 Å². The van der Waals surface area contributed by atoms with Gasteiger partial charge in [-0.25, -0.2) is 0 Å². The normalized spacial score (nSPS) is 12.4. The fraction of sp³-hybridized carbons (Fsp3) is 0.667. The molecule has 0 radical (unpaired) electrons. The summed E-state index contributed by atoms with van der Waals surface area (Å²) in [7, 11) is 1.74. The average Bonchev–Trinajstić information content (AvgIpc) is 2.46. The molecule has 1 unspecified atom stereocenters. The highest BCUT2D eigenvalue weighted by molar-refractivity contribution is 5.38. The van der Waals surface area contributed by atoms with Crippen LogP contribution in [0, 0.1) is 6.92 Å². The van der Waals surface area contributed by atoms with Gasteiger partial charge in [-0.3, -0.25) is 0 Å². The minimum absolute atomic E-state index is 0.348. The number of hydrogen-bond donors (Lipinski definition) is 1. The molecule has 0 fully saturated rings. The Hall–Kier alpha value is -1.02. The summed E-state index contributed by atoms with van der Waals surface area (Å²) in [5.41, 5.74) is 2.55. The van der Waals surface area contributed by atoms with Crippen LogP contribution in [0.25, 0.3) is 0 Å². The lowest BCUT2D eigenvalue weighted by molar-refractivity contribution is 0.401. The molecule has 0 amide bonds. The Morgan fingerprint density at radius 2 is 1.80 bits per heavy atom. The summed E-state index contributed by atoms with van der Waals surface area (Å²) < 4.78 is 5.45. The summed E-state index contributed by atoms with van der Waals surface area (Å²) in [6, 6.07) is 6.73. The molecule has 1 atom stereocenters. The maximum absolute atomic E-state index is 5.45. The molecule has 0 saturated heterocycles. The van der Waals surface area contributed by atoms with Crippen LogP contribution in [0.1, 0.15) is 69.5 Å². The zero-order chi connectivity index (χ0) is 14.8. The van der Waals surface area contributed by atoms with Gasteiger partial charge in [0.05, 0.1) is 7.11 Å². The third kappa shape index (κ3) is 5.96. The molecule has 0 aliphatic rings.